The van der Waals surface area contributed by atoms with Gasteiger partial charge in [0.15, 0.2) is 0 Å². The van der Waals surface area contributed by atoms with E-state index >= 15 is 0 Å². The lowest BCUT2D eigenvalue weighted by Crippen LogP contribution is -2.43. The van der Waals surface area contributed by atoms with Gasteiger partial charge in [-0.2, -0.15) is 0 Å². The molecule has 132 valence electrons. The predicted molar refractivity (Wildman–Crippen MR) is 93.1 cm³/mol. The van der Waals surface area contributed by atoms with Gasteiger partial charge in [0.1, 0.15) is 11.0 Å². The number of carbonyl (C=O) groups is 1. The van der Waals surface area contributed by atoms with Gasteiger partial charge in [0.05, 0.1) is 24.8 Å². The fraction of sp³-hybridized carbons (Fsp3) is 0.333. The molecule has 1 fully saturated rings. The van der Waals surface area contributed by atoms with Crippen LogP contribution in [0.4, 0.5) is 4.39 Å². The molecule has 1 saturated heterocycles. The summed E-state index contributed by atoms with van der Waals surface area (Å²) in [5.41, 5.74) is 1.40. The molecule has 1 aliphatic heterocycles. The Morgan fingerprint density at radius 2 is 1.96 bits per heavy atom. The van der Waals surface area contributed by atoms with Crippen molar-refractivity contribution in [2.24, 2.45) is 0 Å². The van der Waals surface area contributed by atoms with Gasteiger partial charge in [-0.15, -0.1) is 0 Å². The van der Waals surface area contributed by atoms with Crippen molar-refractivity contribution in [3.63, 3.8) is 0 Å². The van der Waals surface area contributed by atoms with Crippen molar-refractivity contribution in [3.05, 3.63) is 64.7 Å². The van der Waals surface area contributed by atoms with Crippen LogP contribution in [0.5, 0.6) is 0 Å². The minimum absolute atomic E-state index is 0.0475. The molecule has 7 heteroatoms. The number of halogens is 2. The van der Waals surface area contributed by atoms with E-state index in [4.69, 9.17) is 16.3 Å². The molecule has 0 spiro atoms. The molecule has 0 aliphatic carbocycles. The van der Waals surface area contributed by atoms with Crippen LogP contribution in [0.2, 0.25) is 5.15 Å². The van der Waals surface area contributed by atoms with Gasteiger partial charge in [-0.3, -0.25) is 9.69 Å². The Morgan fingerprint density at radius 3 is 2.60 bits per heavy atom. The molecule has 1 aromatic carbocycles. The summed E-state index contributed by atoms with van der Waals surface area (Å²) in [6.45, 7) is 3.23. The van der Waals surface area contributed by atoms with Crippen molar-refractivity contribution >= 4 is 17.5 Å². The van der Waals surface area contributed by atoms with Crippen molar-refractivity contribution < 1.29 is 13.9 Å². The lowest BCUT2D eigenvalue weighted by Gasteiger charge is -2.35. The second-order valence-corrected chi connectivity index (χ2v) is 6.18. The fourth-order valence-corrected chi connectivity index (χ4v) is 2.95. The van der Waals surface area contributed by atoms with Crippen LogP contribution in [0.1, 0.15) is 22.0 Å². The van der Waals surface area contributed by atoms with Crippen LogP contribution in [-0.2, 0) is 4.74 Å². The van der Waals surface area contributed by atoms with E-state index in [9.17, 15) is 9.18 Å². The summed E-state index contributed by atoms with van der Waals surface area (Å²) in [6, 6.07) is 9.55. The molecule has 2 heterocycles. The van der Waals surface area contributed by atoms with E-state index in [0.717, 1.165) is 18.7 Å². The third kappa shape index (κ3) is 4.75. The molecule has 1 atom stereocenters. The first-order valence-corrected chi connectivity index (χ1v) is 8.48. The molecule has 1 aliphatic rings. The molecule has 0 radical (unpaired) electrons. The summed E-state index contributed by atoms with van der Waals surface area (Å²) < 4.78 is 18.6. The van der Waals surface area contributed by atoms with Crippen molar-refractivity contribution in [2.75, 3.05) is 32.8 Å². The number of ether oxygens (including phenoxy) is 1. The Hall–Kier alpha value is -2.02. The Kier molecular flexibility index (Phi) is 5.96. The number of benzene rings is 1. The lowest BCUT2D eigenvalue weighted by molar-refractivity contribution is 0.0162. The van der Waals surface area contributed by atoms with E-state index in [1.165, 1.54) is 18.3 Å². The largest absolute Gasteiger partial charge is 0.379 e. The van der Waals surface area contributed by atoms with Gasteiger partial charge >= 0.3 is 0 Å². The molecule has 5 nitrogen and oxygen atoms in total. The van der Waals surface area contributed by atoms with Crippen LogP contribution in [0.25, 0.3) is 0 Å². The quantitative estimate of drug-likeness (QED) is 0.830. The van der Waals surface area contributed by atoms with Crippen LogP contribution in [0.15, 0.2) is 42.6 Å². The van der Waals surface area contributed by atoms with Gasteiger partial charge in [-0.1, -0.05) is 23.7 Å². The van der Waals surface area contributed by atoms with Crippen molar-refractivity contribution in [1.29, 1.82) is 0 Å². The number of hydrogen-bond donors (Lipinski definition) is 1. The summed E-state index contributed by atoms with van der Waals surface area (Å²) in [6.07, 6.45) is 1.44. The molecule has 0 bridgehead atoms. The number of aromatic nitrogens is 1. The van der Waals surface area contributed by atoms with Gasteiger partial charge in [-0.05, 0) is 29.8 Å². The highest BCUT2D eigenvalue weighted by molar-refractivity contribution is 6.29. The van der Waals surface area contributed by atoms with Crippen LogP contribution in [0, 0.1) is 5.82 Å². The van der Waals surface area contributed by atoms with Crippen LogP contribution in [-0.4, -0.2) is 48.6 Å². The van der Waals surface area contributed by atoms with E-state index < -0.39 is 0 Å². The molecule has 1 amide bonds. The smallest absolute Gasteiger partial charge is 0.252 e. The zero-order valence-electron chi connectivity index (χ0n) is 13.6. The van der Waals surface area contributed by atoms with Gasteiger partial charge < -0.3 is 10.1 Å². The molecule has 2 aromatic rings. The zero-order valence-corrected chi connectivity index (χ0v) is 14.4. The topological polar surface area (TPSA) is 54.5 Å². The summed E-state index contributed by atoms with van der Waals surface area (Å²) in [4.78, 5) is 18.5. The zero-order chi connectivity index (χ0) is 17.6. The van der Waals surface area contributed by atoms with Crippen LogP contribution < -0.4 is 5.32 Å². The highest BCUT2D eigenvalue weighted by Gasteiger charge is 2.23. The van der Waals surface area contributed by atoms with Crippen LogP contribution >= 0.6 is 11.6 Å². The molecular formula is C18H19ClFN3O2. The molecule has 1 N–H and O–H groups in total. The number of nitrogens with one attached hydrogen (secondary N) is 1. The first kappa shape index (κ1) is 17.8. The number of carbonyl (C=O) groups excluding carboxylic acids is 1. The Balaban J connectivity index is 1.71. The molecule has 0 saturated carbocycles. The highest BCUT2D eigenvalue weighted by atomic mass is 35.5. The third-order valence-corrected chi connectivity index (χ3v) is 4.41. The highest BCUT2D eigenvalue weighted by Crippen LogP contribution is 2.22. The number of amides is 1. The maximum atomic E-state index is 13.2. The van der Waals surface area contributed by atoms with Crippen molar-refractivity contribution in [2.45, 2.75) is 6.04 Å². The first-order chi connectivity index (χ1) is 12.1. The number of hydrogen-bond acceptors (Lipinski definition) is 4. The maximum Gasteiger partial charge on any atom is 0.252 e. The monoisotopic (exact) mass is 363 g/mol. The Bertz CT molecular complexity index is 703. The van der Waals surface area contributed by atoms with E-state index in [1.54, 1.807) is 24.3 Å². The van der Waals surface area contributed by atoms with Gasteiger partial charge in [-0.25, -0.2) is 9.37 Å². The molecular weight excluding hydrogens is 345 g/mol. The summed E-state index contributed by atoms with van der Waals surface area (Å²) in [5.74, 6) is -0.495. The van der Waals surface area contributed by atoms with Crippen molar-refractivity contribution in [1.82, 2.24) is 15.2 Å². The Labute approximate surface area is 150 Å². The standard InChI is InChI=1S/C18H19ClFN3O2/c19-17-6-3-14(11-21-17)18(24)22-12-16(23-7-9-25-10-8-23)13-1-4-15(20)5-2-13/h1-6,11,16H,7-10,12H2,(H,22,24). The van der Waals surface area contributed by atoms with Gasteiger partial charge in [0.2, 0.25) is 0 Å². The summed E-state index contributed by atoms with van der Waals surface area (Å²) >= 11 is 5.75. The Morgan fingerprint density at radius 1 is 1.24 bits per heavy atom. The normalized spacial score (nSPS) is 16.4. The van der Waals surface area contributed by atoms with Crippen LogP contribution in [0.3, 0.4) is 0 Å². The van der Waals surface area contributed by atoms with Gasteiger partial charge in [0, 0.05) is 25.8 Å². The predicted octanol–water partition coefficient (Wildman–Crippen LogP) is 2.68. The minimum atomic E-state index is -0.277. The SMILES string of the molecule is O=C(NCC(c1ccc(F)cc1)N1CCOCC1)c1ccc(Cl)nc1. The van der Waals surface area contributed by atoms with E-state index in [1.807, 2.05) is 0 Å². The van der Waals surface area contributed by atoms with Crippen molar-refractivity contribution in [3.8, 4) is 0 Å². The van der Waals surface area contributed by atoms with Gasteiger partial charge in [0.25, 0.3) is 5.91 Å². The lowest BCUT2D eigenvalue weighted by atomic mass is 10.0. The number of morpholine rings is 1. The van der Waals surface area contributed by atoms with E-state index in [-0.39, 0.29) is 17.8 Å². The van der Waals surface area contributed by atoms with E-state index in [2.05, 4.69) is 15.2 Å². The number of pyridine rings is 1. The minimum Gasteiger partial charge on any atom is -0.379 e. The van der Waals surface area contributed by atoms with E-state index in [0.29, 0.717) is 30.5 Å². The fourth-order valence-electron chi connectivity index (χ4n) is 2.83. The summed E-state index contributed by atoms with van der Waals surface area (Å²) in [7, 11) is 0. The molecule has 3 rings (SSSR count). The molecule has 1 aromatic heterocycles. The average molecular weight is 364 g/mol. The first-order valence-electron chi connectivity index (χ1n) is 8.10. The number of nitrogens with zero attached hydrogens (tertiary/aromatic N) is 2. The second-order valence-electron chi connectivity index (χ2n) is 5.80. The molecule has 1 unspecified atom stereocenters. The average Bonchev–Trinajstić information content (AvgIpc) is 2.64. The maximum absolute atomic E-state index is 13.2. The molecule has 25 heavy (non-hydrogen) atoms. The second kappa shape index (κ2) is 8.38. The third-order valence-electron chi connectivity index (χ3n) is 4.19. The summed E-state index contributed by atoms with van der Waals surface area (Å²) in [5, 5.41) is 3.27. The number of rotatable bonds is 5.